The molecule has 1 saturated carbocycles. The number of hydrogen-bond acceptors (Lipinski definition) is 5. The van der Waals surface area contributed by atoms with Crippen molar-refractivity contribution < 1.29 is 23.5 Å². The number of nitrogens with zero attached hydrogens (tertiary/aromatic N) is 2. The molecule has 1 amide bonds. The van der Waals surface area contributed by atoms with Gasteiger partial charge in [-0.05, 0) is 43.4 Å². The molecule has 0 aromatic heterocycles. The predicted molar refractivity (Wildman–Crippen MR) is 112 cm³/mol. The van der Waals surface area contributed by atoms with Gasteiger partial charge in [0.15, 0.2) is 11.5 Å². The van der Waals surface area contributed by atoms with E-state index in [0.717, 1.165) is 65.0 Å². The lowest BCUT2D eigenvalue weighted by molar-refractivity contribution is -0.135. The van der Waals surface area contributed by atoms with Gasteiger partial charge in [0.1, 0.15) is 11.9 Å². The predicted octanol–water partition coefficient (Wildman–Crippen LogP) is 2.84. The smallest absolute Gasteiger partial charge is 0.290 e. The highest BCUT2D eigenvalue weighted by atomic mass is 19.1. The van der Waals surface area contributed by atoms with E-state index in [1.54, 1.807) is 17.0 Å². The molecular weight excluding hydrogens is 399 g/mol. The lowest BCUT2D eigenvalue weighted by Crippen LogP contribution is -2.39. The minimum Gasteiger partial charge on any atom is -0.483 e. The first-order valence-electron chi connectivity index (χ1n) is 11.4. The van der Waals surface area contributed by atoms with Gasteiger partial charge in [-0.2, -0.15) is 0 Å². The number of ether oxygens (including phenoxy) is 2. The van der Waals surface area contributed by atoms with Crippen LogP contribution in [0.4, 0.5) is 4.39 Å². The lowest BCUT2D eigenvalue weighted by Gasteiger charge is -2.35. The lowest BCUT2D eigenvalue weighted by atomic mass is 9.77. The Morgan fingerprint density at radius 1 is 1.06 bits per heavy atom. The Kier molecular flexibility index (Phi) is 5.80. The molecule has 1 saturated heterocycles. The molecule has 7 heteroatoms. The Hall–Kier alpha value is -2.25. The van der Waals surface area contributed by atoms with Crippen molar-refractivity contribution in [2.45, 2.75) is 44.2 Å². The molecule has 6 nitrogen and oxygen atoms in total. The van der Waals surface area contributed by atoms with Crippen molar-refractivity contribution in [2.75, 3.05) is 39.4 Å². The summed E-state index contributed by atoms with van der Waals surface area (Å²) in [5.41, 5.74) is 1.07. The van der Waals surface area contributed by atoms with E-state index in [-0.39, 0.29) is 35.3 Å². The van der Waals surface area contributed by atoms with Crippen LogP contribution < -0.4 is 0 Å². The zero-order valence-electron chi connectivity index (χ0n) is 17.7. The summed E-state index contributed by atoms with van der Waals surface area (Å²) >= 11 is 0. The van der Waals surface area contributed by atoms with Crippen LogP contribution >= 0.6 is 0 Å². The van der Waals surface area contributed by atoms with Gasteiger partial charge in [-0.15, -0.1) is 0 Å². The monoisotopic (exact) mass is 428 g/mol. The molecule has 4 aliphatic rings. The van der Waals surface area contributed by atoms with E-state index < -0.39 is 6.04 Å². The Morgan fingerprint density at radius 2 is 1.87 bits per heavy atom. The van der Waals surface area contributed by atoms with E-state index in [9.17, 15) is 14.0 Å². The van der Waals surface area contributed by atoms with Crippen molar-refractivity contribution in [3.63, 3.8) is 0 Å². The normalized spacial score (nSPS) is 29.1. The number of hydrogen-bond donors (Lipinski definition) is 0. The summed E-state index contributed by atoms with van der Waals surface area (Å²) in [6.45, 7) is 4.59. The highest BCUT2D eigenvalue weighted by Crippen LogP contribution is 2.46. The summed E-state index contributed by atoms with van der Waals surface area (Å²) in [6, 6.07) is 5.68. The molecule has 5 rings (SSSR count). The summed E-state index contributed by atoms with van der Waals surface area (Å²) in [6.07, 6.45) is 4.19. The molecule has 3 atom stereocenters. The highest BCUT2D eigenvalue weighted by Gasteiger charge is 2.51. The largest absolute Gasteiger partial charge is 0.483 e. The Bertz CT molecular complexity index is 895. The maximum atomic E-state index is 14.1. The van der Waals surface area contributed by atoms with Crippen LogP contribution in [0.25, 0.3) is 0 Å². The van der Waals surface area contributed by atoms with Crippen LogP contribution in [-0.4, -0.2) is 67.0 Å². The average molecular weight is 429 g/mol. The molecule has 1 aromatic carbocycles. The number of carbonyl (C=O) groups excluding carboxylic acids is 2. The fraction of sp³-hybridized carbons (Fsp3) is 0.583. The van der Waals surface area contributed by atoms with E-state index in [0.29, 0.717) is 17.7 Å². The van der Waals surface area contributed by atoms with Gasteiger partial charge in [0.05, 0.1) is 30.7 Å². The highest BCUT2D eigenvalue weighted by molar-refractivity contribution is 6.11. The number of rotatable bonds is 5. The van der Waals surface area contributed by atoms with Crippen LogP contribution in [0.3, 0.4) is 0 Å². The SMILES string of the molecule is O=C1C2=C(OC3CCCCC13)C(=O)N(CCCN1CCOCC1)C2c1cccc(F)c1. The van der Waals surface area contributed by atoms with Crippen molar-refractivity contribution >= 4 is 11.7 Å². The van der Waals surface area contributed by atoms with Crippen molar-refractivity contribution in [1.82, 2.24) is 9.80 Å². The van der Waals surface area contributed by atoms with Crippen molar-refractivity contribution in [3.8, 4) is 0 Å². The number of carbonyl (C=O) groups is 2. The summed E-state index contributed by atoms with van der Waals surface area (Å²) in [5, 5.41) is 0. The minimum absolute atomic E-state index is 0.0178. The van der Waals surface area contributed by atoms with Gasteiger partial charge in [-0.25, -0.2) is 4.39 Å². The van der Waals surface area contributed by atoms with Gasteiger partial charge in [0, 0.05) is 26.2 Å². The number of fused-ring (bicyclic) bond motifs is 1. The van der Waals surface area contributed by atoms with Crippen LogP contribution in [0.1, 0.15) is 43.7 Å². The molecule has 3 unspecified atom stereocenters. The zero-order valence-corrected chi connectivity index (χ0v) is 17.7. The molecule has 0 spiro atoms. The second-order valence-electron chi connectivity index (χ2n) is 8.92. The molecule has 166 valence electrons. The molecule has 1 aliphatic carbocycles. The van der Waals surface area contributed by atoms with Gasteiger partial charge in [0.25, 0.3) is 5.91 Å². The fourth-order valence-corrected chi connectivity index (χ4v) is 5.44. The van der Waals surface area contributed by atoms with Crippen molar-refractivity contribution in [2.24, 2.45) is 5.92 Å². The van der Waals surface area contributed by atoms with E-state index >= 15 is 0 Å². The van der Waals surface area contributed by atoms with Crippen LogP contribution in [0.5, 0.6) is 0 Å². The minimum atomic E-state index is -0.571. The Labute approximate surface area is 182 Å². The third-order valence-corrected chi connectivity index (χ3v) is 7.00. The molecule has 0 N–H and O–H groups in total. The molecule has 31 heavy (non-hydrogen) atoms. The number of benzene rings is 1. The summed E-state index contributed by atoms with van der Waals surface area (Å²) < 4.78 is 25.6. The summed E-state index contributed by atoms with van der Waals surface area (Å²) in [5.74, 6) is -0.571. The number of halogens is 1. The van der Waals surface area contributed by atoms with E-state index in [2.05, 4.69) is 4.90 Å². The zero-order chi connectivity index (χ0) is 21.4. The van der Waals surface area contributed by atoms with Crippen LogP contribution in [0.15, 0.2) is 35.6 Å². The molecule has 2 fully saturated rings. The molecule has 0 bridgehead atoms. The van der Waals surface area contributed by atoms with Crippen LogP contribution in [0, 0.1) is 11.7 Å². The summed E-state index contributed by atoms with van der Waals surface area (Å²) in [7, 11) is 0. The van der Waals surface area contributed by atoms with Gasteiger partial charge in [-0.1, -0.05) is 18.6 Å². The summed E-state index contributed by atoms with van der Waals surface area (Å²) in [4.78, 5) is 30.9. The van der Waals surface area contributed by atoms with Crippen LogP contribution in [-0.2, 0) is 19.1 Å². The fourth-order valence-electron chi connectivity index (χ4n) is 5.44. The van der Waals surface area contributed by atoms with E-state index in [1.807, 2.05) is 0 Å². The third kappa shape index (κ3) is 3.89. The molecule has 3 heterocycles. The van der Waals surface area contributed by atoms with E-state index in [4.69, 9.17) is 9.47 Å². The van der Waals surface area contributed by atoms with Crippen molar-refractivity contribution in [3.05, 3.63) is 47.0 Å². The first-order valence-corrected chi connectivity index (χ1v) is 11.4. The average Bonchev–Trinajstić information content (AvgIpc) is 3.07. The Morgan fingerprint density at radius 3 is 2.68 bits per heavy atom. The second kappa shape index (κ2) is 8.71. The van der Waals surface area contributed by atoms with Crippen LogP contribution in [0.2, 0.25) is 0 Å². The first-order chi connectivity index (χ1) is 15.1. The standard InChI is InChI=1S/C24H29FN2O4/c25-17-6-3-5-16(15-17)21-20-22(28)18-7-1-2-8-19(18)31-23(20)24(29)27(21)10-4-9-26-11-13-30-14-12-26/h3,5-6,15,18-19,21H,1-2,4,7-14H2. The molecule has 1 aromatic rings. The maximum absolute atomic E-state index is 14.1. The maximum Gasteiger partial charge on any atom is 0.290 e. The first kappa shape index (κ1) is 20.6. The topological polar surface area (TPSA) is 59.1 Å². The van der Waals surface area contributed by atoms with E-state index in [1.165, 1.54) is 12.1 Å². The molecular formula is C24H29FN2O4. The quantitative estimate of drug-likeness (QED) is 0.722. The van der Waals surface area contributed by atoms with Gasteiger partial charge >= 0.3 is 0 Å². The molecule has 0 radical (unpaired) electrons. The van der Waals surface area contributed by atoms with Gasteiger partial charge < -0.3 is 14.4 Å². The number of ketones is 1. The van der Waals surface area contributed by atoms with Gasteiger partial charge in [0.2, 0.25) is 0 Å². The third-order valence-electron chi connectivity index (χ3n) is 7.00. The number of morpholine rings is 1. The second-order valence-corrected chi connectivity index (χ2v) is 8.92. The van der Waals surface area contributed by atoms with Crippen molar-refractivity contribution in [1.29, 1.82) is 0 Å². The molecule has 3 aliphatic heterocycles. The Balaban J connectivity index is 1.42. The van der Waals surface area contributed by atoms with Gasteiger partial charge in [-0.3, -0.25) is 14.5 Å². The number of amides is 1. The number of Topliss-reactive ketones (excluding diaryl/α,β-unsaturated/α-hetero) is 1.